The van der Waals surface area contributed by atoms with Crippen LogP contribution < -0.4 is 9.75 Å². The van der Waals surface area contributed by atoms with Crippen molar-refractivity contribution in [3.63, 3.8) is 0 Å². The van der Waals surface area contributed by atoms with E-state index in [1.807, 2.05) is 12.1 Å². The third-order valence-corrected chi connectivity index (χ3v) is 5.12. The minimum absolute atomic E-state index is 0.0513. The summed E-state index contributed by atoms with van der Waals surface area (Å²) < 4.78 is 33.2. The molecule has 6 nitrogen and oxygen atoms in total. The highest BCUT2D eigenvalue weighted by molar-refractivity contribution is 6.25. The molecule has 0 aliphatic carbocycles. The molecule has 1 atom stereocenters. The number of rotatable bonds is 5. The van der Waals surface area contributed by atoms with E-state index in [-0.39, 0.29) is 23.4 Å². The maximum Gasteiger partial charge on any atom is 0.329 e. The van der Waals surface area contributed by atoms with Gasteiger partial charge in [0.25, 0.3) is 11.8 Å². The number of benzene rings is 2. The molecule has 0 N–H and O–H groups in total. The van der Waals surface area contributed by atoms with Crippen molar-refractivity contribution in [2.24, 2.45) is 11.0 Å². The van der Waals surface area contributed by atoms with E-state index in [2.05, 4.69) is 10.1 Å². The fourth-order valence-electron chi connectivity index (χ4n) is 3.37. The Morgan fingerprint density at radius 3 is 2.74 bits per heavy atom. The van der Waals surface area contributed by atoms with Gasteiger partial charge >= 0.3 is 5.97 Å². The van der Waals surface area contributed by atoms with Crippen molar-refractivity contribution in [3.05, 3.63) is 66.4 Å². The zero-order valence-electron chi connectivity index (χ0n) is 16.9. The van der Waals surface area contributed by atoms with Gasteiger partial charge in [0, 0.05) is 23.6 Å². The molecule has 1 aromatic heterocycles. The third-order valence-electron chi connectivity index (χ3n) is 5.12. The van der Waals surface area contributed by atoms with Crippen molar-refractivity contribution in [2.45, 2.75) is 26.2 Å². The van der Waals surface area contributed by atoms with Gasteiger partial charge in [-0.1, -0.05) is 31.2 Å². The van der Waals surface area contributed by atoms with E-state index in [0.717, 1.165) is 16.5 Å². The van der Waals surface area contributed by atoms with Gasteiger partial charge in [0.15, 0.2) is 5.92 Å². The molecule has 1 amide bonds. The molecular weight excluding hydrogens is 404 g/mol. The molecule has 158 valence electrons. The minimum Gasteiger partial charge on any atom is -0.426 e. The van der Waals surface area contributed by atoms with Gasteiger partial charge < -0.3 is 4.74 Å². The quantitative estimate of drug-likeness (QED) is 0.339. The number of anilines is 1. The van der Waals surface area contributed by atoms with E-state index in [4.69, 9.17) is 4.74 Å². The van der Waals surface area contributed by atoms with Crippen LogP contribution >= 0.6 is 0 Å². The van der Waals surface area contributed by atoms with Gasteiger partial charge in [0.2, 0.25) is 0 Å². The summed E-state index contributed by atoms with van der Waals surface area (Å²) in [4.78, 5) is 29.9. The zero-order valence-corrected chi connectivity index (χ0v) is 16.9. The molecule has 4 rings (SSSR count). The maximum absolute atomic E-state index is 14.0. The lowest BCUT2D eigenvalue weighted by Crippen LogP contribution is -2.35. The number of carbonyl (C=O) groups excluding carboxylic acids is 2. The highest BCUT2D eigenvalue weighted by atomic mass is 19.3. The molecule has 0 spiro atoms. The number of nitrogens with zero attached hydrogens (tertiary/aromatic N) is 3. The topological polar surface area (TPSA) is 71.9 Å². The number of carbonyl (C=O) groups is 2. The molecule has 31 heavy (non-hydrogen) atoms. The number of esters is 1. The van der Waals surface area contributed by atoms with E-state index in [0.29, 0.717) is 11.2 Å². The van der Waals surface area contributed by atoms with Crippen LogP contribution in [-0.4, -0.2) is 22.6 Å². The van der Waals surface area contributed by atoms with Crippen molar-refractivity contribution in [2.75, 3.05) is 5.01 Å². The smallest absolute Gasteiger partial charge is 0.329 e. The first-order valence-corrected chi connectivity index (χ1v) is 9.74. The number of halogens is 2. The molecule has 2 aromatic carbocycles. The van der Waals surface area contributed by atoms with Crippen molar-refractivity contribution in [3.8, 4) is 5.75 Å². The Morgan fingerprint density at radius 2 is 1.97 bits per heavy atom. The van der Waals surface area contributed by atoms with Crippen LogP contribution in [0.15, 0.2) is 65.9 Å². The SMILES string of the molecule is CCC(F)(F)c1cccc(OC(=O)C2C(=O)N(c3ccc4cccnc4c3)N=C2C)c1. The Morgan fingerprint density at radius 1 is 1.16 bits per heavy atom. The monoisotopic (exact) mass is 423 g/mol. The fourth-order valence-corrected chi connectivity index (χ4v) is 3.37. The fraction of sp³-hybridized carbons (Fsp3) is 0.217. The molecule has 0 saturated carbocycles. The second-order valence-corrected chi connectivity index (χ2v) is 7.21. The Kier molecular flexibility index (Phi) is 5.22. The molecule has 8 heteroatoms. The van der Waals surface area contributed by atoms with Gasteiger partial charge in [-0.25, -0.2) is 8.78 Å². The number of aromatic nitrogens is 1. The largest absolute Gasteiger partial charge is 0.426 e. The van der Waals surface area contributed by atoms with Crippen molar-refractivity contribution >= 4 is 34.2 Å². The summed E-state index contributed by atoms with van der Waals surface area (Å²) in [5.74, 6) is -5.79. The molecule has 2 heterocycles. The molecule has 0 radical (unpaired) electrons. The second-order valence-electron chi connectivity index (χ2n) is 7.21. The third kappa shape index (κ3) is 3.88. The molecule has 0 fully saturated rings. The van der Waals surface area contributed by atoms with Crippen LogP contribution in [-0.2, 0) is 15.5 Å². The Labute approximate surface area is 177 Å². The van der Waals surface area contributed by atoms with Crippen LogP contribution in [0.5, 0.6) is 5.75 Å². The number of hydrazone groups is 1. The van der Waals surface area contributed by atoms with Crippen LogP contribution in [0, 0.1) is 5.92 Å². The molecule has 3 aromatic rings. The zero-order chi connectivity index (χ0) is 22.2. The van der Waals surface area contributed by atoms with Crippen LogP contribution in [0.4, 0.5) is 14.5 Å². The van der Waals surface area contributed by atoms with Crippen LogP contribution in [0.25, 0.3) is 10.9 Å². The lowest BCUT2D eigenvalue weighted by Gasteiger charge is -2.16. The maximum atomic E-state index is 14.0. The predicted octanol–water partition coefficient (Wildman–Crippen LogP) is 4.68. The summed E-state index contributed by atoms with van der Waals surface area (Å²) in [6.45, 7) is 2.91. The summed E-state index contributed by atoms with van der Waals surface area (Å²) in [6.07, 6.45) is 1.26. The lowest BCUT2D eigenvalue weighted by molar-refractivity contribution is -0.140. The highest BCUT2D eigenvalue weighted by Crippen LogP contribution is 2.33. The number of hydrogen-bond acceptors (Lipinski definition) is 5. The molecule has 0 bridgehead atoms. The van der Waals surface area contributed by atoms with Crippen molar-refractivity contribution < 1.29 is 23.1 Å². The number of ether oxygens (including phenoxy) is 1. The Hall–Kier alpha value is -3.68. The summed E-state index contributed by atoms with van der Waals surface area (Å²) in [5.41, 5.74) is 1.15. The van der Waals surface area contributed by atoms with E-state index in [1.54, 1.807) is 31.3 Å². The predicted molar refractivity (Wildman–Crippen MR) is 112 cm³/mol. The summed E-state index contributed by atoms with van der Waals surface area (Å²) in [5, 5.41) is 6.25. The van der Waals surface area contributed by atoms with Crippen molar-refractivity contribution in [1.82, 2.24) is 4.98 Å². The number of alkyl halides is 2. The first kappa shape index (κ1) is 20.6. The number of fused-ring (bicyclic) bond motifs is 1. The van der Waals surface area contributed by atoms with Crippen LogP contribution in [0.1, 0.15) is 25.8 Å². The van der Waals surface area contributed by atoms with E-state index < -0.39 is 23.7 Å². The molecule has 0 saturated heterocycles. The van der Waals surface area contributed by atoms with Gasteiger partial charge in [-0.3, -0.25) is 14.6 Å². The van der Waals surface area contributed by atoms with Gasteiger partial charge in [-0.2, -0.15) is 10.1 Å². The summed E-state index contributed by atoms with van der Waals surface area (Å²) in [6, 6.07) is 14.1. The number of hydrogen-bond donors (Lipinski definition) is 0. The van der Waals surface area contributed by atoms with Gasteiger partial charge in [0.1, 0.15) is 5.75 Å². The van der Waals surface area contributed by atoms with Gasteiger partial charge in [-0.15, -0.1) is 0 Å². The standard InChI is InChI=1S/C23H19F2N3O3/c1-3-23(24,25)16-7-4-8-18(12-16)31-22(30)20-14(2)27-28(21(20)29)17-10-9-15-6-5-11-26-19(15)13-17/h4-13,20H,3H2,1-2H3. The lowest BCUT2D eigenvalue weighted by atomic mass is 10.0. The van der Waals surface area contributed by atoms with Gasteiger partial charge in [-0.05, 0) is 37.3 Å². The molecule has 1 unspecified atom stereocenters. The summed E-state index contributed by atoms with van der Waals surface area (Å²) in [7, 11) is 0. The van der Waals surface area contributed by atoms with E-state index in [1.165, 1.54) is 25.1 Å². The molecule has 1 aliphatic heterocycles. The average Bonchev–Trinajstić information content (AvgIpc) is 3.07. The Balaban J connectivity index is 1.55. The first-order valence-electron chi connectivity index (χ1n) is 9.74. The minimum atomic E-state index is -3.04. The Bertz CT molecular complexity index is 1210. The van der Waals surface area contributed by atoms with E-state index >= 15 is 0 Å². The van der Waals surface area contributed by atoms with Crippen LogP contribution in [0.2, 0.25) is 0 Å². The van der Waals surface area contributed by atoms with Crippen molar-refractivity contribution in [1.29, 1.82) is 0 Å². The highest BCUT2D eigenvalue weighted by Gasteiger charge is 2.41. The number of amides is 1. The summed E-state index contributed by atoms with van der Waals surface area (Å²) >= 11 is 0. The molecular formula is C23H19F2N3O3. The average molecular weight is 423 g/mol. The second kappa shape index (κ2) is 7.86. The first-order chi connectivity index (χ1) is 14.8. The van der Waals surface area contributed by atoms with Gasteiger partial charge in [0.05, 0.1) is 16.9 Å². The molecule has 1 aliphatic rings. The van der Waals surface area contributed by atoms with E-state index in [9.17, 15) is 18.4 Å². The normalized spacial score (nSPS) is 16.5. The van der Waals surface area contributed by atoms with Crippen LogP contribution in [0.3, 0.4) is 0 Å². The number of pyridine rings is 1.